The molecule has 0 bridgehead atoms. The Morgan fingerprint density at radius 1 is 1.31 bits per heavy atom. The molecule has 1 amide bonds. The van der Waals surface area contributed by atoms with Crippen LogP contribution in [0.2, 0.25) is 0 Å². The van der Waals surface area contributed by atoms with Gasteiger partial charge in [-0.15, -0.1) is 5.10 Å². The molecule has 2 aliphatic rings. The van der Waals surface area contributed by atoms with E-state index in [-0.39, 0.29) is 16.6 Å². The first kappa shape index (κ1) is 20.3. The van der Waals surface area contributed by atoms with E-state index in [1.165, 1.54) is 22.1 Å². The Morgan fingerprint density at radius 3 is 2.79 bits per heavy atom. The standard InChI is InChI=1S/C17H22N6O4S2/c1-12-2-5-14(29(25,26)22-6-8-27-9-7-22)10-15(12)18-16(24)11-28-17-19-20-21-23(17)13-3-4-13/h2,5,10,13H,3-4,6-9,11H2,1H3,(H,18,24). The fraction of sp³-hybridized carbons (Fsp3) is 0.529. The molecule has 10 nitrogen and oxygen atoms in total. The molecular formula is C17H22N6O4S2. The summed E-state index contributed by atoms with van der Waals surface area (Å²) in [6.45, 7) is 3.23. The van der Waals surface area contributed by atoms with Crippen molar-refractivity contribution in [3.8, 4) is 0 Å². The molecule has 1 saturated carbocycles. The van der Waals surface area contributed by atoms with E-state index in [1.54, 1.807) is 16.8 Å². The number of tetrazole rings is 1. The fourth-order valence-electron chi connectivity index (χ4n) is 2.98. The number of carbonyl (C=O) groups excluding carboxylic acids is 1. The van der Waals surface area contributed by atoms with E-state index in [1.807, 2.05) is 6.92 Å². The predicted molar refractivity (Wildman–Crippen MR) is 106 cm³/mol. The maximum Gasteiger partial charge on any atom is 0.243 e. The van der Waals surface area contributed by atoms with Crippen LogP contribution < -0.4 is 5.32 Å². The van der Waals surface area contributed by atoms with Gasteiger partial charge in [0.1, 0.15) is 0 Å². The molecule has 156 valence electrons. The number of benzene rings is 1. The molecule has 1 aromatic carbocycles. The Kier molecular flexibility index (Phi) is 5.86. The van der Waals surface area contributed by atoms with Gasteiger partial charge in [-0.2, -0.15) is 4.31 Å². The van der Waals surface area contributed by atoms with Gasteiger partial charge in [0.15, 0.2) is 0 Å². The third-order valence-corrected chi connectivity index (χ3v) is 7.61. The van der Waals surface area contributed by atoms with Crippen LogP contribution in [0.1, 0.15) is 24.4 Å². The highest BCUT2D eigenvalue weighted by Gasteiger charge is 2.29. The van der Waals surface area contributed by atoms with Crippen LogP contribution in [-0.2, 0) is 19.6 Å². The maximum absolute atomic E-state index is 12.9. The minimum absolute atomic E-state index is 0.132. The summed E-state index contributed by atoms with van der Waals surface area (Å²) in [6.07, 6.45) is 2.10. The number of morpholine rings is 1. The van der Waals surface area contributed by atoms with Crippen LogP contribution in [0.15, 0.2) is 28.3 Å². The van der Waals surface area contributed by atoms with Gasteiger partial charge in [-0.1, -0.05) is 17.8 Å². The molecule has 2 heterocycles. The van der Waals surface area contributed by atoms with E-state index < -0.39 is 10.0 Å². The second-order valence-electron chi connectivity index (χ2n) is 6.97. The van der Waals surface area contributed by atoms with Crippen LogP contribution in [0.3, 0.4) is 0 Å². The van der Waals surface area contributed by atoms with E-state index in [4.69, 9.17) is 4.74 Å². The second kappa shape index (κ2) is 8.38. The number of amides is 1. The Bertz CT molecular complexity index is 999. The van der Waals surface area contributed by atoms with Crippen LogP contribution in [-0.4, -0.2) is 70.9 Å². The highest BCUT2D eigenvalue weighted by Crippen LogP contribution is 2.36. The Balaban J connectivity index is 1.43. The lowest BCUT2D eigenvalue weighted by atomic mass is 10.2. The van der Waals surface area contributed by atoms with E-state index in [9.17, 15) is 13.2 Å². The van der Waals surface area contributed by atoms with Gasteiger partial charge in [0, 0.05) is 18.8 Å². The number of nitrogens with one attached hydrogen (secondary N) is 1. The van der Waals surface area contributed by atoms with Crippen LogP contribution in [0, 0.1) is 6.92 Å². The highest BCUT2D eigenvalue weighted by molar-refractivity contribution is 7.99. The highest BCUT2D eigenvalue weighted by atomic mass is 32.2. The van der Waals surface area contributed by atoms with Gasteiger partial charge in [0.05, 0.1) is 29.9 Å². The van der Waals surface area contributed by atoms with Crippen LogP contribution in [0.25, 0.3) is 0 Å². The molecule has 2 aromatic rings. The van der Waals surface area contributed by atoms with Crippen molar-refractivity contribution >= 4 is 33.4 Å². The molecule has 0 atom stereocenters. The molecule has 0 unspecified atom stereocenters. The average Bonchev–Trinajstić information content (AvgIpc) is 3.46. The van der Waals surface area contributed by atoms with Crippen LogP contribution in [0.4, 0.5) is 5.69 Å². The summed E-state index contributed by atoms with van der Waals surface area (Å²) < 4.78 is 34.1. The van der Waals surface area contributed by atoms with Crippen molar-refractivity contribution in [1.29, 1.82) is 0 Å². The van der Waals surface area contributed by atoms with Crippen molar-refractivity contribution in [2.75, 3.05) is 37.4 Å². The number of sulfonamides is 1. The zero-order chi connectivity index (χ0) is 20.4. The van der Waals surface area contributed by atoms with Crippen LogP contribution >= 0.6 is 11.8 Å². The van der Waals surface area contributed by atoms with Gasteiger partial charge in [-0.3, -0.25) is 4.79 Å². The molecule has 29 heavy (non-hydrogen) atoms. The lowest BCUT2D eigenvalue weighted by molar-refractivity contribution is -0.113. The molecule has 1 aliphatic carbocycles. The number of aryl methyl sites for hydroxylation is 1. The number of hydrogen-bond donors (Lipinski definition) is 1. The van der Waals surface area contributed by atoms with Crippen molar-refractivity contribution in [2.45, 2.75) is 35.9 Å². The zero-order valence-electron chi connectivity index (χ0n) is 15.9. The normalized spacial score (nSPS) is 18.0. The van der Waals surface area contributed by atoms with Crippen molar-refractivity contribution < 1.29 is 17.9 Å². The average molecular weight is 439 g/mol. The maximum atomic E-state index is 12.9. The first-order chi connectivity index (χ1) is 13.9. The van der Waals surface area contributed by atoms with Gasteiger partial charge >= 0.3 is 0 Å². The smallest absolute Gasteiger partial charge is 0.243 e. The SMILES string of the molecule is Cc1ccc(S(=O)(=O)N2CCOCC2)cc1NC(=O)CSc1nnnn1C1CC1. The summed E-state index contributed by atoms with van der Waals surface area (Å²) in [7, 11) is -3.63. The molecule has 0 radical (unpaired) electrons. The third kappa shape index (κ3) is 4.60. The summed E-state index contributed by atoms with van der Waals surface area (Å²) in [5.74, 6) is -0.114. The van der Waals surface area contributed by atoms with Gasteiger partial charge in [0.25, 0.3) is 0 Å². The Labute approximate surface area is 173 Å². The Morgan fingerprint density at radius 2 is 2.07 bits per heavy atom. The second-order valence-corrected chi connectivity index (χ2v) is 9.85. The van der Waals surface area contributed by atoms with Gasteiger partial charge in [-0.25, -0.2) is 13.1 Å². The van der Waals surface area contributed by atoms with E-state index >= 15 is 0 Å². The number of thioether (sulfide) groups is 1. The topological polar surface area (TPSA) is 119 Å². The van der Waals surface area contributed by atoms with Gasteiger partial charge in [-0.05, 0) is 47.9 Å². The number of carbonyl (C=O) groups is 1. The number of rotatable bonds is 7. The van der Waals surface area contributed by atoms with Crippen molar-refractivity contribution in [1.82, 2.24) is 24.5 Å². The first-order valence-corrected chi connectivity index (χ1v) is 11.8. The lowest BCUT2D eigenvalue weighted by Crippen LogP contribution is -2.40. The monoisotopic (exact) mass is 438 g/mol. The predicted octanol–water partition coefficient (Wildman–Crippen LogP) is 1.07. The number of anilines is 1. The molecule has 2 fully saturated rings. The zero-order valence-corrected chi connectivity index (χ0v) is 17.6. The molecule has 12 heteroatoms. The number of hydrogen-bond acceptors (Lipinski definition) is 8. The molecule has 1 saturated heterocycles. The van der Waals surface area contributed by atoms with Crippen molar-refractivity contribution in [3.05, 3.63) is 23.8 Å². The molecule has 0 spiro atoms. The fourth-order valence-corrected chi connectivity index (χ4v) is 5.16. The summed E-state index contributed by atoms with van der Waals surface area (Å²) >= 11 is 1.26. The van der Waals surface area contributed by atoms with Crippen molar-refractivity contribution in [3.63, 3.8) is 0 Å². The largest absolute Gasteiger partial charge is 0.379 e. The molecule has 1 aromatic heterocycles. The van der Waals surface area contributed by atoms with Crippen molar-refractivity contribution in [2.24, 2.45) is 0 Å². The van der Waals surface area contributed by atoms with E-state index in [0.717, 1.165) is 18.4 Å². The number of aromatic nitrogens is 4. The summed E-state index contributed by atoms with van der Waals surface area (Å²) in [5, 5.41) is 15.0. The molecular weight excluding hydrogens is 416 g/mol. The molecule has 1 N–H and O–H groups in total. The van der Waals surface area contributed by atoms with Gasteiger partial charge < -0.3 is 10.1 Å². The quantitative estimate of drug-likeness (QED) is 0.638. The minimum atomic E-state index is -3.63. The molecule has 4 rings (SSSR count). The third-order valence-electron chi connectivity index (χ3n) is 4.78. The number of ether oxygens (including phenoxy) is 1. The van der Waals surface area contributed by atoms with E-state index in [0.29, 0.717) is 43.2 Å². The summed E-state index contributed by atoms with van der Waals surface area (Å²) in [5.41, 5.74) is 1.26. The minimum Gasteiger partial charge on any atom is -0.379 e. The summed E-state index contributed by atoms with van der Waals surface area (Å²) in [4.78, 5) is 12.6. The van der Waals surface area contributed by atoms with E-state index in [2.05, 4.69) is 20.8 Å². The first-order valence-electron chi connectivity index (χ1n) is 9.34. The van der Waals surface area contributed by atoms with Crippen LogP contribution in [0.5, 0.6) is 0 Å². The lowest BCUT2D eigenvalue weighted by Gasteiger charge is -2.26. The Hall–Kier alpha value is -2.02. The van der Waals surface area contributed by atoms with Gasteiger partial charge in [0.2, 0.25) is 21.1 Å². The summed E-state index contributed by atoms with van der Waals surface area (Å²) in [6, 6.07) is 5.11. The molecule has 1 aliphatic heterocycles. The number of nitrogens with zero attached hydrogens (tertiary/aromatic N) is 5.